The zero-order chi connectivity index (χ0) is 43.6. The maximum absolute atomic E-state index is 2.59. The zero-order valence-corrected chi connectivity index (χ0v) is 43.1. The summed E-state index contributed by atoms with van der Waals surface area (Å²) in [6, 6.07) is 52.6. The van der Waals surface area contributed by atoms with Crippen molar-refractivity contribution in [2.75, 3.05) is 4.90 Å². The third kappa shape index (κ3) is 7.04. The van der Waals surface area contributed by atoms with Crippen LogP contribution in [0.2, 0.25) is 78.6 Å². The number of aromatic nitrogens is 1. The summed E-state index contributed by atoms with van der Waals surface area (Å²) in [5, 5.41) is 11.4. The van der Waals surface area contributed by atoms with Crippen molar-refractivity contribution in [3.63, 3.8) is 0 Å². The number of hydrogen-bond acceptors (Lipinski definition) is 1. The molecule has 0 spiro atoms. The van der Waals surface area contributed by atoms with E-state index in [0.717, 1.165) is 0 Å². The van der Waals surface area contributed by atoms with Gasteiger partial charge in [-0.3, -0.25) is 0 Å². The normalized spacial score (nSPS) is 14.2. The Balaban J connectivity index is 1.25. The molecule has 2 nitrogen and oxygen atoms in total. The van der Waals surface area contributed by atoms with Crippen molar-refractivity contribution < 1.29 is 0 Å². The summed E-state index contributed by atoms with van der Waals surface area (Å²) in [6.45, 7) is 34.3. The van der Waals surface area contributed by atoms with E-state index in [9.17, 15) is 0 Å². The third-order valence-corrected chi connectivity index (χ3v) is 21.8. The van der Waals surface area contributed by atoms with Crippen LogP contribution >= 0.6 is 0 Å². The number of rotatable bonds is 8. The van der Waals surface area contributed by atoms with Crippen LogP contribution in [0.15, 0.2) is 133 Å². The third-order valence-electron chi connectivity index (χ3n) is 13.6. The molecule has 0 N–H and O–H groups in total. The molecular weight excluding hydrogens is 801 g/mol. The van der Waals surface area contributed by atoms with Crippen LogP contribution in [0.1, 0.15) is 25.0 Å². The van der Waals surface area contributed by atoms with Gasteiger partial charge < -0.3 is 9.47 Å². The van der Waals surface area contributed by atoms with Gasteiger partial charge in [0.2, 0.25) is 0 Å². The summed E-state index contributed by atoms with van der Waals surface area (Å²) < 4.78 is 2.59. The van der Waals surface area contributed by atoms with Crippen LogP contribution in [0.3, 0.4) is 0 Å². The van der Waals surface area contributed by atoms with Gasteiger partial charge in [-0.25, -0.2) is 0 Å². The predicted molar refractivity (Wildman–Crippen MR) is 282 cm³/mol. The van der Waals surface area contributed by atoms with Gasteiger partial charge in [-0.15, -0.1) is 0 Å². The van der Waals surface area contributed by atoms with Gasteiger partial charge in [-0.05, 0) is 82.2 Å². The molecule has 0 saturated carbocycles. The van der Waals surface area contributed by atoms with E-state index in [4.69, 9.17) is 0 Å². The molecule has 0 atom stereocenters. The molecule has 1 aliphatic rings. The van der Waals surface area contributed by atoms with Crippen molar-refractivity contribution in [2.24, 2.45) is 0 Å². The summed E-state index contributed by atoms with van der Waals surface area (Å²) in [5.41, 5.74) is 12.7. The minimum atomic E-state index is -1.55. The lowest BCUT2D eigenvalue weighted by molar-refractivity contribution is 0.660. The Morgan fingerprint density at radius 2 is 0.820 bits per heavy atom. The molecule has 1 aliphatic carbocycles. The van der Waals surface area contributed by atoms with Gasteiger partial charge in [0.25, 0.3) is 0 Å². The Kier molecular flexibility index (Phi) is 9.65. The van der Waals surface area contributed by atoms with Crippen LogP contribution in [0, 0.1) is 0 Å². The Hall–Kier alpha value is -4.73. The first-order valence-electron chi connectivity index (χ1n) is 22.4. The molecule has 310 valence electrons. The zero-order valence-electron chi connectivity index (χ0n) is 39.1. The molecule has 0 fully saturated rings. The average molecular weight is 865 g/mol. The largest absolute Gasteiger partial charge is 0.310 e. The molecule has 6 heteroatoms. The van der Waals surface area contributed by atoms with Gasteiger partial charge in [0, 0.05) is 38.6 Å². The number of anilines is 3. The van der Waals surface area contributed by atoms with Gasteiger partial charge >= 0.3 is 0 Å². The van der Waals surface area contributed by atoms with E-state index in [2.05, 4.69) is 235 Å². The molecule has 0 amide bonds. The monoisotopic (exact) mass is 864 g/mol. The van der Waals surface area contributed by atoms with E-state index >= 15 is 0 Å². The second-order valence-electron chi connectivity index (χ2n) is 22.4. The first-order valence-corrected chi connectivity index (χ1v) is 36.4. The standard InChI is InChI=1S/C55H64N2Si4/c1-55(2)49-33-39(56(37-19-24-40(25-20-37)58(3,4)5)38-21-26-41(27-22-38)59(6,7)8)23-30-46(49)54-45-18-16-15-17-44(45)53(36-50(54)55)57-51-31-28-42(60(9,10)11)34-47(51)48-35-43(61(12,13)14)29-32-52(48)57/h15-36H,1-14H3. The minimum absolute atomic E-state index is 0.233. The number of fused-ring (bicyclic) bond motifs is 8. The molecule has 1 heterocycles. The molecule has 8 aromatic rings. The van der Waals surface area contributed by atoms with E-state index in [1.165, 1.54) is 98.3 Å². The molecule has 1 aromatic heterocycles. The van der Waals surface area contributed by atoms with Gasteiger partial charge in [0.1, 0.15) is 0 Å². The summed E-state index contributed by atoms with van der Waals surface area (Å²) in [4.78, 5) is 2.48. The first kappa shape index (κ1) is 41.6. The molecule has 0 unspecified atom stereocenters. The van der Waals surface area contributed by atoms with Gasteiger partial charge in [-0.2, -0.15) is 0 Å². The number of nitrogens with zero attached hydrogens (tertiary/aromatic N) is 2. The van der Waals surface area contributed by atoms with Gasteiger partial charge in [0.05, 0.1) is 49.0 Å². The van der Waals surface area contributed by atoms with E-state index in [-0.39, 0.29) is 5.41 Å². The molecule has 9 rings (SSSR count). The maximum Gasteiger partial charge on any atom is 0.0776 e. The smallest absolute Gasteiger partial charge is 0.0776 e. The lowest BCUT2D eigenvalue weighted by Crippen LogP contribution is -2.37. The quantitative estimate of drug-likeness (QED) is 0.138. The van der Waals surface area contributed by atoms with Crippen molar-refractivity contribution in [3.05, 3.63) is 145 Å². The Bertz CT molecular complexity index is 2890. The highest BCUT2D eigenvalue weighted by Crippen LogP contribution is 2.54. The highest BCUT2D eigenvalue weighted by atomic mass is 28.3. The molecule has 7 aromatic carbocycles. The summed E-state index contributed by atoms with van der Waals surface area (Å²) in [7, 11) is -6.02. The van der Waals surface area contributed by atoms with Crippen LogP contribution in [-0.4, -0.2) is 36.9 Å². The van der Waals surface area contributed by atoms with E-state index in [1.807, 2.05) is 0 Å². The fourth-order valence-corrected chi connectivity index (χ4v) is 14.4. The van der Waals surface area contributed by atoms with E-state index in [0.29, 0.717) is 0 Å². The van der Waals surface area contributed by atoms with Crippen LogP contribution in [-0.2, 0) is 5.41 Å². The predicted octanol–water partition coefficient (Wildman–Crippen LogP) is 13.9. The lowest BCUT2D eigenvalue weighted by Gasteiger charge is -2.29. The van der Waals surface area contributed by atoms with E-state index in [1.54, 1.807) is 0 Å². The Morgan fingerprint density at radius 3 is 1.28 bits per heavy atom. The van der Waals surface area contributed by atoms with Crippen molar-refractivity contribution in [1.29, 1.82) is 0 Å². The Labute approximate surface area is 369 Å². The molecule has 0 aliphatic heterocycles. The SMILES string of the molecule is CC1(C)c2cc(N(c3ccc([Si](C)(C)C)cc3)c3ccc([Si](C)(C)C)cc3)ccc2-c2c1cc(-n1c3ccc([Si](C)(C)C)cc3c3cc([Si](C)(C)C)ccc31)c1ccccc21. The average Bonchev–Trinajstić information content (AvgIpc) is 3.64. The molecular formula is C55H64N2Si4. The minimum Gasteiger partial charge on any atom is -0.310 e. The highest BCUT2D eigenvalue weighted by Gasteiger charge is 2.38. The summed E-state index contributed by atoms with van der Waals surface area (Å²) in [5.74, 6) is 0. The van der Waals surface area contributed by atoms with E-state index < -0.39 is 32.3 Å². The van der Waals surface area contributed by atoms with Gasteiger partial charge in [-0.1, -0.05) is 192 Å². The summed E-state index contributed by atoms with van der Waals surface area (Å²) >= 11 is 0. The molecule has 0 radical (unpaired) electrons. The lowest BCUT2D eigenvalue weighted by atomic mass is 9.81. The molecule has 61 heavy (non-hydrogen) atoms. The Morgan fingerprint density at radius 1 is 0.393 bits per heavy atom. The second-order valence-corrected chi connectivity index (χ2v) is 42.8. The van der Waals surface area contributed by atoms with Crippen LogP contribution < -0.4 is 25.6 Å². The topological polar surface area (TPSA) is 8.17 Å². The second kappa shape index (κ2) is 14.1. The summed E-state index contributed by atoms with van der Waals surface area (Å²) in [6.07, 6.45) is 0. The van der Waals surface area contributed by atoms with Crippen molar-refractivity contribution in [1.82, 2.24) is 4.57 Å². The van der Waals surface area contributed by atoms with Crippen LogP contribution in [0.5, 0.6) is 0 Å². The highest BCUT2D eigenvalue weighted by molar-refractivity contribution is 6.90. The van der Waals surface area contributed by atoms with Crippen molar-refractivity contribution in [2.45, 2.75) is 97.8 Å². The number of hydrogen-bond donors (Lipinski definition) is 0. The van der Waals surface area contributed by atoms with Crippen LogP contribution in [0.25, 0.3) is 49.4 Å². The van der Waals surface area contributed by atoms with Crippen molar-refractivity contribution in [3.8, 4) is 16.8 Å². The van der Waals surface area contributed by atoms with Crippen LogP contribution in [0.4, 0.5) is 17.1 Å². The fourth-order valence-electron chi connectivity index (χ4n) is 9.76. The fraction of sp³-hybridized carbons (Fsp3) is 0.273. The molecule has 0 saturated heterocycles. The number of benzene rings is 7. The maximum atomic E-state index is 2.59. The van der Waals surface area contributed by atoms with Gasteiger partial charge in [0.15, 0.2) is 0 Å². The van der Waals surface area contributed by atoms with Crippen molar-refractivity contribution >= 4 is 103 Å². The molecule has 0 bridgehead atoms. The first-order chi connectivity index (χ1) is 28.5.